The third-order valence-corrected chi connectivity index (χ3v) is 4.60. The maximum atomic E-state index is 13.3. The van der Waals surface area contributed by atoms with Gasteiger partial charge in [0, 0.05) is 19.3 Å². The molecule has 5 nitrogen and oxygen atoms in total. The molecule has 1 amide bonds. The summed E-state index contributed by atoms with van der Waals surface area (Å²) >= 11 is 0. The summed E-state index contributed by atoms with van der Waals surface area (Å²) in [5.74, 6) is -0.209. The molecule has 0 spiro atoms. The lowest BCUT2D eigenvalue weighted by Crippen LogP contribution is -2.36. The molecule has 1 aromatic heterocycles. The first-order valence-corrected chi connectivity index (χ1v) is 8.32. The second kappa shape index (κ2) is 6.09. The third-order valence-electron chi connectivity index (χ3n) is 4.60. The average Bonchev–Trinajstić information content (AvgIpc) is 2.95. The molecule has 3 aromatic rings. The number of fused-ring (bicyclic) bond motifs is 1. The summed E-state index contributed by atoms with van der Waals surface area (Å²) in [5.41, 5.74) is 2.85. The van der Waals surface area contributed by atoms with E-state index >= 15 is 0 Å². The summed E-state index contributed by atoms with van der Waals surface area (Å²) in [4.78, 5) is 27.4. The summed E-state index contributed by atoms with van der Waals surface area (Å²) in [7, 11) is 1.59. The number of anilines is 1. The van der Waals surface area contributed by atoms with Crippen LogP contribution in [-0.2, 0) is 13.5 Å². The molecule has 2 aromatic carbocycles. The quantitative estimate of drug-likeness (QED) is 0.723. The van der Waals surface area contributed by atoms with Crippen LogP contribution in [0.1, 0.15) is 22.5 Å². The van der Waals surface area contributed by atoms with E-state index in [0.29, 0.717) is 17.7 Å². The highest BCUT2D eigenvalue weighted by Crippen LogP contribution is 2.30. The van der Waals surface area contributed by atoms with Crippen molar-refractivity contribution in [1.82, 2.24) is 4.74 Å². The van der Waals surface area contributed by atoms with Crippen molar-refractivity contribution in [2.45, 2.75) is 12.8 Å². The number of benzene rings is 2. The van der Waals surface area contributed by atoms with Crippen molar-refractivity contribution in [3.05, 3.63) is 76.3 Å². The Morgan fingerprint density at radius 1 is 1.04 bits per heavy atom. The first-order valence-electron chi connectivity index (χ1n) is 8.32. The second-order valence-corrected chi connectivity index (χ2v) is 6.15. The number of aryl methyl sites for hydroxylation is 2. The van der Waals surface area contributed by atoms with Gasteiger partial charge in [0.1, 0.15) is 5.56 Å². The van der Waals surface area contributed by atoms with E-state index in [1.165, 1.54) is 4.74 Å². The lowest BCUT2D eigenvalue weighted by molar-refractivity contribution is 0.0966. The van der Waals surface area contributed by atoms with Gasteiger partial charge in [0.25, 0.3) is 5.91 Å². The zero-order chi connectivity index (χ0) is 17.4. The van der Waals surface area contributed by atoms with Crippen LogP contribution in [0.2, 0.25) is 0 Å². The van der Waals surface area contributed by atoms with Gasteiger partial charge in [-0.1, -0.05) is 48.5 Å². The molecule has 0 atom stereocenters. The van der Waals surface area contributed by atoms with E-state index in [1.807, 2.05) is 54.6 Å². The molecule has 2 heterocycles. The van der Waals surface area contributed by atoms with Crippen LogP contribution in [0, 0.1) is 0 Å². The number of carbonyl (C=O) groups is 1. The van der Waals surface area contributed by atoms with Gasteiger partial charge >= 0.3 is 5.63 Å². The number of rotatable bonds is 2. The lowest BCUT2D eigenvalue weighted by atomic mass is 10.00. The molecule has 0 saturated carbocycles. The molecule has 1 aliphatic heterocycles. The third kappa shape index (κ3) is 2.58. The fourth-order valence-corrected chi connectivity index (χ4v) is 3.44. The molecule has 0 N–H and O–H groups in total. The van der Waals surface area contributed by atoms with E-state index in [2.05, 4.69) is 0 Å². The van der Waals surface area contributed by atoms with E-state index in [4.69, 9.17) is 4.52 Å². The Morgan fingerprint density at radius 2 is 1.76 bits per heavy atom. The molecule has 0 bridgehead atoms. The van der Waals surface area contributed by atoms with Gasteiger partial charge in [-0.05, 0) is 30.0 Å². The van der Waals surface area contributed by atoms with E-state index in [-0.39, 0.29) is 11.6 Å². The molecule has 0 saturated heterocycles. The molecule has 1 aliphatic rings. The molecule has 25 heavy (non-hydrogen) atoms. The number of aromatic nitrogens is 1. The van der Waals surface area contributed by atoms with Gasteiger partial charge in [-0.3, -0.25) is 4.79 Å². The number of carbonyl (C=O) groups excluding carboxylic acids is 1. The van der Waals surface area contributed by atoms with Crippen LogP contribution in [0.3, 0.4) is 0 Å². The number of hydrogen-bond donors (Lipinski definition) is 0. The molecular weight excluding hydrogens is 316 g/mol. The zero-order valence-corrected chi connectivity index (χ0v) is 13.9. The van der Waals surface area contributed by atoms with Gasteiger partial charge in [-0.15, -0.1) is 0 Å². The number of nitrogens with zero attached hydrogens (tertiary/aromatic N) is 2. The molecule has 126 valence electrons. The van der Waals surface area contributed by atoms with E-state index in [0.717, 1.165) is 24.1 Å². The van der Waals surface area contributed by atoms with Gasteiger partial charge in [-0.2, -0.15) is 0 Å². The maximum Gasteiger partial charge on any atom is 0.366 e. The molecule has 4 rings (SSSR count). The van der Waals surface area contributed by atoms with Crippen LogP contribution >= 0.6 is 0 Å². The topological polar surface area (TPSA) is 55.5 Å². The number of hydrogen-bond acceptors (Lipinski definition) is 3. The maximum absolute atomic E-state index is 13.3. The van der Waals surface area contributed by atoms with Gasteiger partial charge in [0.05, 0.1) is 0 Å². The summed E-state index contributed by atoms with van der Waals surface area (Å²) < 4.78 is 6.50. The van der Waals surface area contributed by atoms with Crippen LogP contribution in [0.25, 0.3) is 11.1 Å². The monoisotopic (exact) mass is 334 g/mol. The summed E-state index contributed by atoms with van der Waals surface area (Å²) in [6, 6.07) is 17.1. The number of amides is 1. The van der Waals surface area contributed by atoms with Gasteiger partial charge in [-0.25, -0.2) is 9.53 Å². The first kappa shape index (κ1) is 15.4. The molecule has 0 unspecified atom stereocenters. The lowest BCUT2D eigenvalue weighted by Gasteiger charge is -2.29. The summed E-state index contributed by atoms with van der Waals surface area (Å²) in [5, 5.41) is 0. The number of para-hydroxylation sites is 1. The predicted molar refractivity (Wildman–Crippen MR) is 95.8 cm³/mol. The molecule has 0 radical (unpaired) electrons. The molecular formula is C20H18N2O3. The minimum atomic E-state index is -0.498. The van der Waals surface area contributed by atoms with Crippen molar-refractivity contribution < 1.29 is 9.32 Å². The van der Waals surface area contributed by atoms with Crippen molar-refractivity contribution in [2.24, 2.45) is 7.05 Å². The van der Waals surface area contributed by atoms with Crippen LogP contribution in [0.15, 0.2) is 63.9 Å². The van der Waals surface area contributed by atoms with Crippen molar-refractivity contribution in [3.8, 4) is 11.1 Å². The van der Waals surface area contributed by atoms with E-state index in [1.54, 1.807) is 11.9 Å². The van der Waals surface area contributed by atoms with Crippen LogP contribution in [-0.4, -0.2) is 17.2 Å². The Bertz CT molecular complexity index is 986. The Kier molecular flexibility index (Phi) is 3.76. The smallest absolute Gasteiger partial charge is 0.335 e. The van der Waals surface area contributed by atoms with Crippen molar-refractivity contribution in [2.75, 3.05) is 11.4 Å². The van der Waals surface area contributed by atoms with Gasteiger partial charge < -0.3 is 9.42 Å². The molecule has 5 heteroatoms. The second-order valence-electron chi connectivity index (χ2n) is 6.15. The SMILES string of the molecule is Cn1oc(=O)c(-c2ccccc2)c1C(=O)N1CCCc2ccccc21. The Hall–Kier alpha value is -3.08. The Labute approximate surface area is 145 Å². The van der Waals surface area contributed by atoms with Crippen LogP contribution in [0.5, 0.6) is 0 Å². The standard InChI is InChI=1S/C20H18N2O3/c1-21-18(17(20(24)25-21)15-9-3-2-4-10-15)19(23)22-13-7-11-14-8-5-6-12-16(14)22/h2-6,8-10,12H,7,11,13H2,1H3. The average molecular weight is 334 g/mol. The highest BCUT2D eigenvalue weighted by molar-refractivity contribution is 6.09. The normalized spacial score (nSPS) is 13.6. The fourth-order valence-electron chi connectivity index (χ4n) is 3.44. The van der Waals surface area contributed by atoms with E-state index < -0.39 is 5.63 Å². The van der Waals surface area contributed by atoms with Crippen molar-refractivity contribution >= 4 is 11.6 Å². The Balaban J connectivity index is 1.84. The van der Waals surface area contributed by atoms with E-state index in [9.17, 15) is 9.59 Å². The van der Waals surface area contributed by atoms with Crippen LogP contribution < -0.4 is 10.5 Å². The highest BCUT2D eigenvalue weighted by atomic mass is 16.5. The summed E-state index contributed by atoms with van der Waals surface area (Å²) in [6.45, 7) is 0.628. The van der Waals surface area contributed by atoms with Gasteiger partial charge in [0.2, 0.25) is 0 Å². The minimum absolute atomic E-state index is 0.209. The first-order chi connectivity index (χ1) is 12.2. The summed E-state index contributed by atoms with van der Waals surface area (Å²) in [6.07, 6.45) is 1.85. The highest BCUT2D eigenvalue weighted by Gasteiger charge is 2.30. The predicted octanol–water partition coefficient (Wildman–Crippen LogP) is 3.24. The Morgan fingerprint density at radius 3 is 2.56 bits per heavy atom. The fraction of sp³-hybridized carbons (Fsp3) is 0.200. The molecule has 0 fully saturated rings. The van der Waals surface area contributed by atoms with Crippen molar-refractivity contribution in [3.63, 3.8) is 0 Å². The minimum Gasteiger partial charge on any atom is -0.335 e. The largest absolute Gasteiger partial charge is 0.366 e. The van der Waals surface area contributed by atoms with Crippen LogP contribution in [0.4, 0.5) is 5.69 Å². The van der Waals surface area contributed by atoms with Crippen molar-refractivity contribution in [1.29, 1.82) is 0 Å². The zero-order valence-electron chi connectivity index (χ0n) is 13.9. The molecule has 0 aliphatic carbocycles. The van der Waals surface area contributed by atoms with Gasteiger partial charge in [0.15, 0.2) is 5.69 Å².